The molecule has 6 nitrogen and oxygen atoms in total. The number of nitrogens with zero attached hydrogens (tertiary/aromatic N) is 1. The second kappa shape index (κ2) is 7.79. The van der Waals surface area contributed by atoms with Gasteiger partial charge >= 0.3 is 0 Å². The summed E-state index contributed by atoms with van der Waals surface area (Å²) in [5.74, 6) is 0.306. The number of carbonyl (C=O) groups excluding carboxylic acids is 1. The number of carbonyl (C=O) groups is 1. The molecule has 0 bridgehead atoms. The van der Waals surface area contributed by atoms with E-state index in [4.69, 9.17) is 9.47 Å². The highest BCUT2D eigenvalue weighted by atomic mass is 19.1. The zero-order valence-electron chi connectivity index (χ0n) is 15.9. The van der Waals surface area contributed by atoms with Gasteiger partial charge in [-0.05, 0) is 48.4 Å². The van der Waals surface area contributed by atoms with Crippen molar-refractivity contribution in [2.75, 3.05) is 0 Å². The highest BCUT2D eigenvalue weighted by Crippen LogP contribution is 2.37. The molecule has 1 heterocycles. The molecule has 3 aromatic rings. The van der Waals surface area contributed by atoms with Crippen LogP contribution in [0.1, 0.15) is 27.0 Å². The molecule has 30 heavy (non-hydrogen) atoms. The largest absolute Gasteiger partial charge is 0.489 e. The SMILES string of the molecule is Cc1cc(OCc2ccccc2F)cc2c1C(=O)/C(=C/c1ccc([N+](=O)[O-])cc1)O2. The number of fused-ring (bicyclic) bond motifs is 1. The van der Waals surface area contributed by atoms with Gasteiger partial charge in [0.15, 0.2) is 5.76 Å². The van der Waals surface area contributed by atoms with E-state index in [0.717, 1.165) is 0 Å². The predicted octanol–water partition coefficient (Wildman–Crippen LogP) is 5.24. The summed E-state index contributed by atoms with van der Waals surface area (Å²) in [5.41, 5.74) is 2.10. The van der Waals surface area contributed by atoms with E-state index in [1.165, 1.54) is 24.3 Å². The van der Waals surface area contributed by atoms with Crippen molar-refractivity contribution in [3.05, 3.63) is 105 Å². The van der Waals surface area contributed by atoms with Gasteiger partial charge in [-0.15, -0.1) is 0 Å². The van der Waals surface area contributed by atoms with Gasteiger partial charge in [0.25, 0.3) is 5.69 Å². The molecule has 3 aromatic carbocycles. The summed E-state index contributed by atoms with van der Waals surface area (Å²) in [6, 6.07) is 15.4. The third kappa shape index (κ3) is 3.77. The fourth-order valence-electron chi connectivity index (χ4n) is 3.18. The third-order valence-corrected chi connectivity index (χ3v) is 4.70. The summed E-state index contributed by atoms with van der Waals surface area (Å²) in [7, 11) is 0. The number of ether oxygens (including phenoxy) is 2. The Morgan fingerprint density at radius 3 is 2.57 bits per heavy atom. The number of non-ortho nitro benzene ring substituents is 1. The Morgan fingerprint density at radius 2 is 1.87 bits per heavy atom. The summed E-state index contributed by atoms with van der Waals surface area (Å²) in [5, 5.41) is 10.8. The van der Waals surface area contributed by atoms with E-state index in [1.807, 2.05) is 0 Å². The predicted molar refractivity (Wildman–Crippen MR) is 108 cm³/mol. The van der Waals surface area contributed by atoms with Crippen LogP contribution in [-0.2, 0) is 6.61 Å². The van der Waals surface area contributed by atoms with Crippen LogP contribution in [0.2, 0.25) is 0 Å². The minimum absolute atomic E-state index is 0.0356. The molecule has 1 aliphatic heterocycles. The van der Waals surface area contributed by atoms with Gasteiger partial charge in [0.05, 0.1) is 10.5 Å². The lowest BCUT2D eigenvalue weighted by atomic mass is 10.0. The molecule has 0 atom stereocenters. The highest BCUT2D eigenvalue weighted by molar-refractivity contribution is 6.15. The second-order valence-electron chi connectivity index (χ2n) is 6.78. The molecule has 0 unspecified atom stereocenters. The standard InChI is InChI=1S/C23H16FNO5/c1-14-10-18(29-13-16-4-2-3-5-19(16)24)12-20-22(14)23(26)21(30-20)11-15-6-8-17(9-7-15)25(27)28/h2-12H,13H2,1H3/b21-11-. The van der Waals surface area contributed by atoms with E-state index in [-0.39, 0.29) is 29.7 Å². The highest BCUT2D eigenvalue weighted by Gasteiger charge is 2.30. The monoisotopic (exact) mass is 405 g/mol. The first-order chi connectivity index (χ1) is 14.4. The molecule has 0 aliphatic carbocycles. The van der Waals surface area contributed by atoms with Gasteiger partial charge in [0, 0.05) is 23.8 Å². The Morgan fingerprint density at radius 1 is 1.13 bits per heavy atom. The molecule has 0 fully saturated rings. The fraction of sp³-hybridized carbons (Fsp3) is 0.0870. The van der Waals surface area contributed by atoms with Crippen molar-refractivity contribution in [3.8, 4) is 11.5 Å². The first-order valence-electron chi connectivity index (χ1n) is 9.12. The van der Waals surface area contributed by atoms with E-state index in [1.54, 1.807) is 49.4 Å². The molecule has 0 radical (unpaired) electrons. The van der Waals surface area contributed by atoms with Crippen LogP contribution in [0.5, 0.6) is 11.5 Å². The number of nitro benzene ring substituents is 1. The Balaban J connectivity index is 1.56. The van der Waals surface area contributed by atoms with E-state index in [0.29, 0.717) is 33.8 Å². The topological polar surface area (TPSA) is 78.7 Å². The number of hydrogen-bond acceptors (Lipinski definition) is 5. The minimum atomic E-state index is -0.490. The number of halogens is 1. The molecular formula is C23H16FNO5. The van der Waals surface area contributed by atoms with Crippen molar-refractivity contribution in [2.45, 2.75) is 13.5 Å². The number of nitro groups is 1. The van der Waals surface area contributed by atoms with Crippen LogP contribution in [0.15, 0.2) is 66.4 Å². The fourth-order valence-corrected chi connectivity index (χ4v) is 3.18. The van der Waals surface area contributed by atoms with Crippen LogP contribution in [0, 0.1) is 22.9 Å². The van der Waals surface area contributed by atoms with Crippen molar-refractivity contribution < 1.29 is 23.6 Å². The number of benzene rings is 3. The molecule has 4 rings (SSSR count). The first-order valence-corrected chi connectivity index (χ1v) is 9.12. The average molecular weight is 405 g/mol. The number of Topliss-reactive ketones (excluding diaryl/α,β-unsaturated/α-hetero) is 1. The van der Waals surface area contributed by atoms with E-state index in [2.05, 4.69) is 0 Å². The van der Waals surface area contributed by atoms with Gasteiger partial charge in [0.1, 0.15) is 23.9 Å². The molecule has 1 aliphatic rings. The molecule has 0 saturated carbocycles. The molecule has 7 heteroatoms. The van der Waals surface area contributed by atoms with Gasteiger partial charge < -0.3 is 9.47 Å². The van der Waals surface area contributed by atoms with E-state index in [9.17, 15) is 19.3 Å². The zero-order valence-corrected chi connectivity index (χ0v) is 15.9. The smallest absolute Gasteiger partial charge is 0.269 e. The maximum atomic E-state index is 13.8. The van der Waals surface area contributed by atoms with Crippen LogP contribution in [-0.4, -0.2) is 10.7 Å². The molecule has 0 aromatic heterocycles. The Labute approximate surface area is 171 Å². The summed E-state index contributed by atoms with van der Waals surface area (Å²) < 4.78 is 25.2. The van der Waals surface area contributed by atoms with Gasteiger partial charge in [-0.2, -0.15) is 0 Å². The van der Waals surface area contributed by atoms with Gasteiger partial charge in [-0.25, -0.2) is 4.39 Å². The molecule has 0 amide bonds. The number of hydrogen-bond donors (Lipinski definition) is 0. The van der Waals surface area contributed by atoms with E-state index >= 15 is 0 Å². The van der Waals surface area contributed by atoms with Crippen molar-refractivity contribution in [3.63, 3.8) is 0 Å². The van der Waals surface area contributed by atoms with Crippen molar-refractivity contribution in [1.29, 1.82) is 0 Å². The molecule has 150 valence electrons. The zero-order chi connectivity index (χ0) is 21.3. The van der Waals surface area contributed by atoms with Crippen LogP contribution in [0.4, 0.5) is 10.1 Å². The summed E-state index contributed by atoms with van der Waals surface area (Å²) in [4.78, 5) is 23.0. The van der Waals surface area contributed by atoms with Crippen LogP contribution >= 0.6 is 0 Å². The summed E-state index contributed by atoms with van der Waals surface area (Å²) >= 11 is 0. The molecular weight excluding hydrogens is 389 g/mol. The third-order valence-electron chi connectivity index (χ3n) is 4.70. The second-order valence-corrected chi connectivity index (χ2v) is 6.78. The van der Waals surface area contributed by atoms with Crippen molar-refractivity contribution in [2.24, 2.45) is 0 Å². The number of allylic oxidation sites excluding steroid dienone is 1. The number of aryl methyl sites for hydroxylation is 1. The van der Waals surface area contributed by atoms with Gasteiger partial charge in [-0.1, -0.05) is 18.2 Å². The normalized spacial score (nSPS) is 13.8. The molecule has 0 N–H and O–H groups in total. The van der Waals surface area contributed by atoms with Crippen molar-refractivity contribution in [1.82, 2.24) is 0 Å². The Hall–Kier alpha value is -4.00. The maximum Gasteiger partial charge on any atom is 0.269 e. The van der Waals surface area contributed by atoms with Gasteiger partial charge in [-0.3, -0.25) is 14.9 Å². The first kappa shape index (κ1) is 19.3. The Bertz CT molecular complexity index is 1180. The van der Waals surface area contributed by atoms with Gasteiger partial charge in [0.2, 0.25) is 5.78 Å². The van der Waals surface area contributed by atoms with Crippen LogP contribution in [0.3, 0.4) is 0 Å². The number of rotatable bonds is 5. The number of ketones is 1. The minimum Gasteiger partial charge on any atom is -0.489 e. The quantitative estimate of drug-likeness (QED) is 0.330. The van der Waals surface area contributed by atoms with Crippen LogP contribution in [0.25, 0.3) is 6.08 Å². The lowest BCUT2D eigenvalue weighted by Crippen LogP contribution is -2.00. The lowest BCUT2D eigenvalue weighted by Gasteiger charge is -2.09. The average Bonchev–Trinajstić information content (AvgIpc) is 3.03. The van der Waals surface area contributed by atoms with Crippen molar-refractivity contribution >= 4 is 17.5 Å². The Kier molecular flexibility index (Phi) is 5.02. The molecule has 0 saturated heterocycles. The lowest BCUT2D eigenvalue weighted by molar-refractivity contribution is -0.384. The maximum absolute atomic E-state index is 13.8. The molecule has 0 spiro atoms. The summed E-state index contributed by atoms with van der Waals surface area (Å²) in [6.45, 7) is 1.81. The van der Waals surface area contributed by atoms with Crippen LogP contribution < -0.4 is 9.47 Å². The summed E-state index contributed by atoms with van der Waals surface area (Å²) in [6.07, 6.45) is 1.53. The van der Waals surface area contributed by atoms with E-state index < -0.39 is 4.92 Å².